The molecule has 4 aromatic rings. The molecule has 0 aliphatic heterocycles. The van der Waals surface area contributed by atoms with Gasteiger partial charge in [-0.25, -0.2) is 0 Å². The molecule has 0 fully saturated rings. The average Bonchev–Trinajstić information content (AvgIpc) is 3.18. The number of halogens is 1. The highest BCUT2D eigenvalue weighted by molar-refractivity contribution is 9.10. The van der Waals surface area contributed by atoms with Gasteiger partial charge in [-0.3, -0.25) is 4.79 Å². The van der Waals surface area contributed by atoms with Crippen LogP contribution in [0.5, 0.6) is 5.75 Å². The zero-order valence-electron chi connectivity index (χ0n) is 15.8. The highest BCUT2D eigenvalue weighted by Crippen LogP contribution is 2.30. The fourth-order valence-electron chi connectivity index (χ4n) is 3.42. The van der Waals surface area contributed by atoms with Gasteiger partial charge in [-0.05, 0) is 41.5 Å². The molecule has 0 bridgehead atoms. The predicted molar refractivity (Wildman–Crippen MR) is 119 cm³/mol. The summed E-state index contributed by atoms with van der Waals surface area (Å²) >= 11 is 3.39. The fraction of sp³-hybridized carbons (Fsp3) is 0.125. The van der Waals surface area contributed by atoms with Gasteiger partial charge in [0.25, 0.3) is 5.91 Å². The van der Waals surface area contributed by atoms with Crippen LogP contribution in [-0.4, -0.2) is 24.0 Å². The average molecular weight is 449 g/mol. The van der Waals surface area contributed by atoms with E-state index in [9.17, 15) is 4.79 Å². The van der Waals surface area contributed by atoms with E-state index in [1.807, 2.05) is 60.8 Å². The molecular weight excluding hydrogens is 428 g/mol. The minimum Gasteiger partial charge on any atom is -0.484 e. The molecule has 1 heterocycles. The molecule has 29 heavy (non-hydrogen) atoms. The lowest BCUT2D eigenvalue weighted by Gasteiger charge is -2.18. The number of amides is 1. The van der Waals surface area contributed by atoms with Crippen LogP contribution in [0.15, 0.2) is 89.5 Å². The maximum Gasteiger partial charge on any atom is 0.257 e. The van der Waals surface area contributed by atoms with Gasteiger partial charge in [0.2, 0.25) is 0 Å². The number of rotatable bonds is 7. The molecule has 0 aliphatic carbocycles. The van der Waals surface area contributed by atoms with Gasteiger partial charge in [0, 0.05) is 34.0 Å². The van der Waals surface area contributed by atoms with Crippen LogP contribution in [0, 0.1) is 0 Å². The highest BCUT2D eigenvalue weighted by atomic mass is 79.9. The molecule has 0 aliphatic rings. The quantitative estimate of drug-likeness (QED) is 0.405. The van der Waals surface area contributed by atoms with Gasteiger partial charge in [0.15, 0.2) is 6.61 Å². The fourth-order valence-corrected chi connectivity index (χ4v) is 3.69. The Labute approximate surface area is 178 Å². The van der Waals surface area contributed by atoms with E-state index in [2.05, 4.69) is 50.5 Å². The zero-order valence-corrected chi connectivity index (χ0v) is 17.4. The van der Waals surface area contributed by atoms with Crippen LogP contribution in [0.1, 0.15) is 17.0 Å². The summed E-state index contributed by atoms with van der Waals surface area (Å²) in [6.45, 7) is 0.478. The van der Waals surface area contributed by atoms with Crippen LogP contribution in [0.25, 0.3) is 10.9 Å². The number of hydrogen-bond acceptors (Lipinski definition) is 2. The van der Waals surface area contributed by atoms with Crippen LogP contribution in [0.4, 0.5) is 0 Å². The standard InChI is InChI=1S/C24H21BrN2O2/c25-18-10-12-19(13-11-18)29-16-24(28)27-14-21(17-6-2-1-3-7-17)22-15-26-23-9-5-4-8-20(22)23/h1-13,15,21,26H,14,16H2,(H,27,28). The van der Waals surface area contributed by atoms with Crippen molar-refractivity contribution in [1.82, 2.24) is 10.3 Å². The molecule has 4 rings (SSSR count). The summed E-state index contributed by atoms with van der Waals surface area (Å²) in [6.07, 6.45) is 2.03. The maximum absolute atomic E-state index is 12.4. The monoisotopic (exact) mass is 448 g/mol. The summed E-state index contributed by atoms with van der Waals surface area (Å²) in [5, 5.41) is 4.20. The molecule has 3 aromatic carbocycles. The lowest BCUT2D eigenvalue weighted by atomic mass is 9.91. The van der Waals surface area contributed by atoms with Gasteiger partial charge in [-0.1, -0.05) is 64.5 Å². The van der Waals surface area contributed by atoms with Crippen LogP contribution in [-0.2, 0) is 4.79 Å². The Balaban J connectivity index is 1.47. The molecule has 0 spiro atoms. The van der Waals surface area contributed by atoms with E-state index < -0.39 is 0 Å². The van der Waals surface area contributed by atoms with Crippen LogP contribution >= 0.6 is 15.9 Å². The Bertz CT molecular complexity index is 1090. The molecule has 1 atom stereocenters. The topological polar surface area (TPSA) is 54.1 Å². The first-order valence-electron chi connectivity index (χ1n) is 9.47. The summed E-state index contributed by atoms with van der Waals surface area (Å²) in [4.78, 5) is 15.7. The first-order chi connectivity index (χ1) is 14.2. The van der Waals surface area contributed by atoms with Gasteiger partial charge in [0.1, 0.15) is 5.75 Å². The van der Waals surface area contributed by atoms with E-state index in [0.717, 1.165) is 15.6 Å². The predicted octanol–water partition coefficient (Wildman–Crippen LogP) is 5.26. The second-order valence-corrected chi connectivity index (χ2v) is 7.72. The summed E-state index contributed by atoms with van der Waals surface area (Å²) in [5.41, 5.74) is 3.42. The highest BCUT2D eigenvalue weighted by Gasteiger charge is 2.19. The van der Waals surface area contributed by atoms with Crippen molar-refractivity contribution >= 4 is 32.7 Å². The molecule has 1 unspecified atom stereocenters. The van der Waals surface area contributed by atoms with Crippen LogP contribution in [0.3, 0.4) is 0 Å². The normalized spacial score (nSPS) is 11.9. The van der Waals surface area contributed by atoms with Crippen molar-refractivity contribution in [2.75, 3.05) is 13.2 Å². The van der Waals surface area contributed by atoms with Gasteiger partial charge in [-0.2, -0.15) is 0 Å². The number of H-pyrrole nitrogens is 1. The van der Waals surface area contributed by atoms with E-state index in [1.54, 1.807) is 0 Å². The lowest BCUT2D eigenvalue weighted by Crippen LogP contribution is -2.32. The lowest BCUT2D eigenvalue weighted by molar-refractivity contribution is -0.123. The number of ether oxygens (including phenoxy) is 1. The Hall–Kier alpha value is -3.05. The maximum atomic E-state index is 12.4. The number of carbonyl (C=O) groups is 1. The van der Waals surface area contributed by atoms with Crippen molar-refractivity contribution in [2.24, 2.45) is 0 Å². The molecule has 5 heteroatoms. The summed E-state index contributed by atoms with van der Waals surface area (Å²) in [5.74, 6) is 0.567. The Morgan fingerprint density at radius 2 is 1.69 bits per heavy atom. The molecule has 1 amide bonds. The Morgan fingerprint density at radius 3 is 2.48 bits per heavy atom. The first-order valence-corrected chi connectivity index (χ1v) is 10.3. The van der Waals surface area contributed by atoms with Crippen molar-refractivity contribution < 1.29 is 9.53 Å². The molecule has 0 saturated carbocycles. The van der Waals surface area contributed by atoms with Crippen molar-refractivity contribution in [2.45, 2.75) is 5.92 Å². The number of fused-ring (bicyclic) bond motifs is 1. The number of carbonyl (C=O) groups excluding carboxylic acids is 1. The van der Waals surface area contributed by atoms with Gasteiger partial charge in [-0.15, -0.1) is 0 Å². The van der Waals surface area contributed by atoms with E-state index in [1.165, 1.54) is 10.9 Å². The first kappa shape index (κ1) is 19.3. The second kappa shape index (κ2) is 8.97. The molecule has 146 valence electrons. The third-order valence-electron chi connectivity index (χ3n) is 4.89. The molecule has 0 radical (unpaired) electrons. The Kier molecular flexibility index (Phi) is 5.96. The van der Waals surface area contributed by atoms with E-state index in [0.29, 0.717) is 12.3 Å². The molecular formula is C24H21BrN2O2. The number of hydrogen-bond donors (Lipinski definition) is 2. The number of aromatic amines is 1. The van der Waals surface area contributed by atoms with Crippen molar-refractivity contribution in [3.8, 4) is 5.75 Å². The van der Waals surface area contributed by atoms with E-state index in [-0.39, 0.29) is 18.4 Å². The molecule has 0 saturated heterocycles. The molecule has 4 nitrogen and oxygen atoms in total. The third kappa shape index (κ3) is 4.69. The van der Waals surface area contributed by atoms with E-state index >= 15 is 0 Å². The summed E-state index contributed by atoms with van der Waals surface area (Å²) in [7, 11) is 0. The van der Waals surface area contributed by atoms with Crippen LogP contribution in [0.2, 0.25) is 0 Å². The smallest absolute Gasteiger partial charge is 0.257 e. The summed E-state index contributed by atoms with van der Waals surface area (Å²) < 4.78 is 6.55. The number of benzene rings is 3. The second-order valence-electron chi connectivity index (χ2n) is 6.80. The van der Waals surface area contributed by atoms with E-state index in [4.69, 9.17) is 4.74 Å². The third-order valence-corrected chi connectivity index (χ3v) is 5.41. The number of para-hydroxylation sites is 1. The molecule has 1 aromatic heterocycles. The molecule has 2 N–H and O–H groups in total. The minimum atomic E-state index is -0.145. The van der Waals surface area contributed by atoms with Gasteiger partial charge < -0.3 is 15.0 Å². The van der Waals surface area contributed by atoms with Crippen molar-refractivity contribution in [1.29, 1.82) is 0 Å². The number of aromatic nitrogens is 1. The zero-order chi connectivity index (χ0) is 20.1. The Morgan fingerprint density at radius 1 is 0.966 bits per heavy atom. The van der Waals surface area contributed by atoms with Crippen molar-refractivity contribution in [3.63, 3.8) is 0 Å². The largest absolute Gasteiger partial charge is 0.484 e. The van der Waals surface area contributed by atoms with Crippen molar-refractivity contribution in [3.05, 3.63) is 101 Å². The minimum absolute atomic E-state index is 0.0168. The van der Waals surface area contributed by atoms with Gasteiger partial charge >= 0.3 is 0 Å². The number of nitrogens with one attached hydrogen (secondary N) is 2. The van der Waals surface area contributed by atoms with Gasteiger partial charge in [0.05, 0.1) is 0 Å². The SMILES string of the molecule is O=C(COc1ccc(Br)cc1)NCC(c1ccccc1)c1c[nH]c2ccccc12. The summed E-state index contributed by atoms with van der Waals surface area (Å²) in [6, 6.07) is 25.9. The van der Waals surface area contributed by atoms with Crippen LogP contribution < -0.4 is 10.1 Å².